The highest BCUT2D eigenvalue weighted by molar-refractivity contribution is 7.99. The average molecular weight is 407 g/mol. The second-order valence-corrected chi connectivity index (χ2v) is 7.83. The Kier molecular flexibility index (Phi) is 5.95. The van der Waals surface area contributed by atoms with Crippen LogP contribution in [0.4, 0.5) is 0 Å². The molecule has 0 fully saturated rings. The number of carbonyl (C=O) groups excluding carboxylic acids is 1. The van der Waals surface area contributed by atoms with E-state index in [9.17, 15) is 4.79 Å². The number of amides is 1. The molecule has 0 aliphatic carbocycles. The Hall–Kier alpha value is -3.06. The standard InChI is InChI=1S/C22H22N4O2S/c1-15(11-12-16-7-3-2-4-8-16)24-20(27)14-29-22-26-25-21(28-22)18-13-23-19-10-6-5-9-17(18)19/h2-10,13,15,23H,11-12,14H2,1H3,(H,24,27). The summed E-state index contributed by atoms with van der Waals surface area (Å²) in [5.74, 6) is 0.648. The van der Waals surface area contributed by atoms with Gasteiger partial charge in [-0.2, -0.15) is 0 Å². The van der Waals surface area contributed by atoms with Gasteiger partial charge in [0, 0.05) is 23.1 Å². The summed E-state index contributed by atoms with van der Waals surface area (Å²) in [5.41, 5.74) is 3.15. The first-order valence-electron chi connectivity index (χ1n) is 9.55. The highest BCUT2D eigenvalue weighted by atomic mass is 32.2. The molecule has 1 amide bonds. The molecule has 1 atom stereocenters. The van der Waals surface area contributed by atoms with Crippen LogP contribution in [0, 0.1) is 0 Å². The van der Waals surface area contributed by atoms with E-state index in [1.165, 1.54) is 17.3 Å². The van der Waals surface area contributed by atoms with Crippen molar-refractivity contribution < 1.29 is 9.21 Å². The van der Waals surface area contributed by atoms with Crippen LogP contribution >= 0.6 is 11.8 Å². The number of hydrogen-bond acceptors (Lipinski definition) is 5. The lowest BCUT2D eigenvalue weighted by molar-refractivity contribution is -0.119. The number of para-hydroxylation sites is 1. The van der Waals surface area contributed by atoms with E-state index < -0.39 is 0 Å². The van der Waals surface area contributed by atoms with Crippen molar-refractivity contribution in [2.24, 2.45) is 0 Å². The van der Waals surface area contributed by atoms with Gasteiger partial charge in [0.05, 0.1) is 11.3 Å². The lowest BCUT2D eigenvalue weighted by Crippen LogP contribution is -2.34. The molecule has 0 saturated carbocycles. The van der Waals surface area contributed by atoms with Crippen LogP contribution < -0.4 is 5.32 Å². The van der Waals surface area contributed by atoms with E-state index in [4.69, 9.17) is 4.42 Å². The quantitative estimate of drug-likeness (QED) is 0.423. The van der Waals surface area contributed by atoms with Crippen LogP contribution in [-0.2, 0) is 11.2 Å². The summed E-state index contributed by atoms with van der Waals surface area (Å²) in [6.45, 7) is 2.02. The third-order valence-electron chi connectivity index (χ3n) is 4.67. The Labute approximate surface area is 173 Å². The smallest absolute Gasteiger partial charge is 0.277 e. The van der Waals surface area contributed by atoms with Crippen LogP contribution in [0.1, 0.15) is 18.9 Å². The van der Waals surface area contributed by atoms with Crippen LogP contribution in [0.5, 0.6) is 0 Å². The van der Waals surface area contributed by atoms with Crippen molar-refractivity contribution in [3.05, 3.63) is 66.4 Å². The van der Waals surface area contributed by atoms with Crippen molar-refractivity contribution in [3.8, 4) is 11.5 Å². The molecule has 2 N–H and O–H groups in total. The Morgan fingerprint density at radius 2 is 1.93 bits per heavy atom. The van der Waals surface area contributed by atoms with Gasteiger partial charge in [-0.1, -0.05) is 60.3 Å². The van der Waals surface area contributed by atoms with Crippen molar-refractivity contribution >= 4 is 28.6 Å². The van der Waals surface area contributed by atoms with Crippen molar-refractivity contribution in [2.45, 2.75) is 31.0 Å². The summed E-state index contributed by atoms with van der Waals surface area (Å²) in [5, 5.41) is 12.6. The molecule has 0 aliphatic heterocycles. The zero-order valence-electron chi connectivity index (χ0n) is 16.1. The first-order valence-corrected chi connectivity index (χ1v) is 10.5. The molecule has 4 rings (SSSR count). The molecule has 148 valence electrons. The molecule has 0 bridgehead atoms. The largest absolute Gasteiger partial charge is 0.411 e. The number of nitrogens with one attached hydrogen (secondary N) is 2. The number of nitrogens with zero attached hydrogens (tertiary/aromatic N) is 2. The molecule has 0 radical (unpaired) electrons. The lowest BCUT2D eigenvalue weighted by Gasteiger charge is -2.13. The molecule has 0 aliphatic rings. The Balaban J connectivity index is 1.27. The summed E-state index contributed by atoms with van der Waals surface area (Å²) in [6, 6.07) is 18.3. The molecular weight excluding hydrogens is 384 g/mol. The molecule has 2 heterocycles. The Bertz CT molecular complexity index is 1090. The van der Waals surface area contributed by atoms with E-state index >= 15 is 0 Å². The molecule has 2 aromatic heterocycles. The molecule has 6 nitrogen and oxygen atoms in total. The van der Waals surface area contributed by atoms with Crippen LogP contribution in [0.25, 0.3) is 22.4 Å². The fourth-order valence-corrected chi connectivity index (χ4v) is 3.74. The zero-order chi connectivity index (χ0) is 20.1. The van der Waals surface area contributed by atoms with Crippen molar-refractivity contribution in [1.29, 1.82) is 0 Å². The SMILES string of the molecule is CC(CCc1ccccc1)NC(=O)CSc1nnc(-c2c[nH]c3ccccc23)o1. The first kappa shape index (κ1) is 19.3. The number of aryl methyl sites for hydroxylation is 1. The molecule has 1 unspecified atom stereocenters. The van der Waals surface area contributed by atoms with Gasteiger partial charge in [0.15, 0.2) is 0 Å². The van der Waals surface area contributed by atoms with Crippen LogP contribution in [0.15, 0.2) is 70.4 Å². The number of carbonyl (C=O) groups is 1. The summed E-state index contributed by atoms with van der Waals surface area (Å²) in [4.78, 5) is 15.4. The zero-order valence-corrected chi connectivity index (χ0v) is 16.9. The second kappa shape index (κ2) is 8.96. The van der Waals surface area contributed by atoms with Gasteiger partial charge in [-0.05, 0) is 31.4 Å². The summed E-state index contributed by atoms with van der Waals surface area (Å²) in [7, 11) is 0. The maximum atomic E-state index is 12.2. The minimum atomic E-state index is -0.0394. The van der Waals surface area contributed by atoms with Gasteiger partial charge in [-0.25, -0.2) is 0 Å². The third-order valence-corrected chi connectivity index (χ3v) is 5.49. The number of benzene rings is 2. The number of rotatable bonds is 8. The third kappa shape index (κ3) is 4.86. The van der Waals surface area contributed by atoms with E-state index in [2.05, 4.69) is 32.6 Å². The van der Waals surface area contributed by atoms with E-state index in [1.807, 2.05) is 55.6 Å². The highest BCUT2D eigenvalue weighted by Crippen LogP contribution is 2.29. The van der Waals surface area contributed by atoms with Gasteiger partial charge >= 0.3 is 0 Å². The number of thioether (sulfide) groups is 1. The van der Waals surface area contributed by atoms with E-state index in [-0.39, 0.29) is 17.7 Å². The maximum absolute atomic E-state index is 12.2. The normalized spacial score (nSPS) is 12.2. The Morgan fingerprint density at radius 3 is 2.79 bits per heavy atom. The summed E-state index contributed by atoms with van der Waals surface area (Å²) >= 11 is 1.25. The van der Waals surface area contributed by atoms with E-state index in [1.54, 1.807) is 0 Å². The highest BCUT2D eigenvalue weighted by Gasteiger charge is 2.15. The average Bonchev–Trinajstić information content (AvgIpc) is 3.38. The molecule has 0 saturated heterocycles. The number of hydrogen-bond donors (Lipinski definition) is 2. The van der Waals surface area contributed by atoms with Crippen molar-refractivity contribution in [3.63, 3.8) is 0 Å². The molecule has 29 heavy (non-hydrogen) atoms. The molecule has 7 heteroatoms. The van der Waals surface area contributed by atoms with Gasteiger partial charge in [0.1, 0.15) is 0 Å². The topological polar surface area (TPSA) is 83.8 Å². The maximum Gasteiger partial charge on any atom is 0.277 e. The minimum Gasteiger partial charge on any atom is -0.411 e. The predicted molar refractivity (Wildman–Crippen MR) is 115 cm³/mol. The minimum absolute atomic E-state index is 0.0394. The number of aromatic nitrogens is 3. The van der Waals surface area contributed by atoms with Crippen molar-refractivity contribution in [1.82, 2.24) is 20.5 Å². The number of fused-ring (bicyclic) bond motifs is 1. The summed E-state index contributed by atoms with van der Waals surface area (Å²) < 4.78 is 5.74. The lowest BCUT2D eigenvalue weighted by atomic mass is 10.1. The fourth-order valence-electron chi connectivity index (χ4n) is 3.17. The number of H-pyrrole nitrogens is 1. The van der Waals surface area contributed by atoms with Crippen LogP contribution in [0.3, 0.4) is 0 Å². The number of aromatic amines is 1. The van der Waals surface area contributed by atoms with Gasteiger partial charge in [0.2, 0.25) is 5.91 Å². The van der Waals surface area contributed by atoms with Crippen LogP contribution in [0.2, 0.25) is 0 Å². The monoisotopic (exact) mass is 406 g/mol. The second-order valence-electron chi connectivity index (χ2n) is 6.90. The first-order chi connectivity index (χ1) is 14.2. The van der Waals surface area contributed by atoms with Gasteiger partial charge < -0.3 is 14.7 Å². The molecule has 2 aromatic carbocycles. The molecular formula is C22H22N4O2S. The molecule has 4 aromatic rings. The van der Waals surface area contributed by atoms with Crippen molar-refractivity contribution in [2.75, 3.05) is 5.75 Å². The fraction of sp³-hybridized carbons (Fsp3) is 0.227. The van der Waals surface area contributed by atoms with Gasteiger partial charge in [0.25, 0.3) is 11.1 Å². The Morgan fingerprint density at radius 1 is 1.14 bits per heavy atom. The predicted octanol–water partition coefficient (Wildman–Crippen LogP) is 4.45. The summed E-state index contributed by atoms with van der Waals surface area (Å²) in [6.07, 6.45) is 3.69. The van der Waals surface area contributed by atoms with Gasteiger partial charge in [-0.3, -0.25) is 4.79 Å². The van der Waals surface area contributed by atoms with Crippen LogP contribution in [-0.4, -0.2) is 32.9 Å². The molecule has 0 spiro atoms. The van der Waals surface area contributed by atoms with E-state index in [0.29, 0.717) is 11.1 Å². The van der Waals surface area contributed by atoms with Gasteiger partial charge in [-0.15, -0.1) is 10.2 Å². The van der Waals surface area contributed by atoms with E-state index in [0.717, 1.165) is 29.3 Å².